The van der Waals surface area contributed by atoms with Crippen LogP contribution in [-0.2, 0) is 32.6 Å². The van der Waals surface area contributed by atoms with Crippen LogP contribution in [0, 0.1) is 5.82 Å². The van der Waals surface area contributed by atoms with E-state index in [4.69, 9.17) is 23.2 Å². The van der Waals surface area contributed by atoms with Crippen LogP contribution in [-0.4, -0.2) is 43.3 Å². The molecule has 11 heteroatoms. The summed E-state index contributed by atoms with van der Waals surface area (Å²) in [5.74, 6) is -2.07. The van der Waals surface area contributed by atoms with Crippen molar-refractivity contribution in [3.8, 4) is 0 Å². The highest BCUT2D eigenvalue weighted by Crippen LogP contribution is 2.30. The van der Waals surface area contributed by atoms with Crippen LogP contribution in [0.2, 0.25) is 10.0 Å². The predicted molar refractivity (Wildman–Crippen MR) is 176 cm³/mol. The van der Waals surface area contributed by atoms with Gasteiger partial charge in [0.25, 0.3) is 10.0 Å². The summed E-state index contributed by atoms with van der Waals surface area (Å²) in [6.07, 6.45) is 0.0989. The Labute approximate surface area is 273 Å². The van der Waals surface area contributed by atoms with E-state index in [2.05, 4.69) is 5.32 Å². The second kappa shape index (κ2) is 14.5. The Hall–Kier alpha value is -3.92. The number of hydrogen-bond donors (Lipinski definition) is 1. The van der Waals surface area contributed by atoms with Gasteiger partial charge < -0.3 is 10.2 Å². The van der Waals surface area contributed by atoms with E-state index in [-0.39, 0.29) is 33.6 Å². The Morgan fingerprint density at radius 3 is 1.96 bits per heavy atom. The molecule has 0 fully saturated rings. The number of rotatable bonds is 11. The maximum absolute atomic E-state index is 15.2. The Balaban J connectivity index is 1.86. The normalized spacial score (nSPS) is 12.3. The number of anilines is 1. The average molecular weight is 671 g/mol. The molecule has 4 aromatic carbocycles. The highest BCUT2D eigenvalue weighted by Gasteiger charge is 2.36. The third kappa shape index (κ3) is 8.63. The second-order valence-corrected chi connectivity index (χ2v) is 14.1. The van der Waals surface area contributed by atoms with Crippen LogP contribution in [0.5, 0.6) is 0 Å². The standard InChI is InChI=1S/C34H34Cl2FN3O4S/c1-34(2,3)38-33(42)31(21-24-13-6-4-7-14-24)39(22-26-27(35)17-12-18-28(26)36)32(41)23-40(30-20-11-10-19-29(30)37)45(43,44)25-15-8-5-9-16-25/h4-20,31H,21-23H2,1-3H3,(H,38,42)/t31-/m0/s1. The molecule has 0 saturated heterocycles. The monoisotopic (exact) mass is 669 g/mol. The van der Waals surface area contributed by atoms with Gasteiger partial charge in [-0.3, -0.25) is 13.9 Å². The van der Waals surface area contributed by atoms with Crippen molar-refractivity contribution in [3.63, 3.8) is 0 Å². The van der Waals surface area contributed by atoms with Gasteiger partial charge in [-0.05, 0) is 62.7 Å². The molecule has 0 aliphatic carbocycles. The summed E-state index contributed by atoms with van der Waals surface area (Å²) < 4.78 is 43.9. The van der Waals surface area contributed by atoms with Crippen molar-refractivity contribution >= 4 is 50.7 Å². The van der Waals surface area contributed by atoms with E-state index < -0.39 is 45.8 Å². The summed E-state index contributed by atoms with van der Waals surface area (Å²) in [6, 6.07) is 25.6. The van der Waals surface area contributed by atoms with E-state index in [9.17, 15) is 18.0 Å². The first-order chi connectivity index (χ1) is 21.3. The molecule has 0 saturated carbocycles. The number of benzene rings is 4. The highest BCUT2D eigenvalue weighted by atomic mass is 35.5. The molecule has 0 unspecified atom stereocenters. The summed E-state index contributed by atoms with van der Waals surface area (Å²) in [4.78, 5) is 29.5. The molecule has 4 rings (SSSR count). The number of halogens is 3. The minimum absolute atomic E-state index is 0.0989. The summed E-state index contributed by atoms with van der Waals surface area (Å²) >= 11 is 13.1. The van der Waals surface area contributed by atoms with Gasteiger partial charge in [-0.25, -0.2) is 12.8 Å². The number of amides is 2. The van der Waals surface area contributed by atoms with Gasteiger partial charge in [-0.1, -0.05) is 89.9 Å². The molecular formula is C34H34Cl2FN3O4S. The third-order valence-corrected chi connectivity index (χ3v) is 9.37. The molecular weight excluding hydrogens is 636 g/mol. The maximum atomic E-state index is 15.2. The second-order valence-electron chi connectivity index (χ2n) is 11.4. The Kier molecular flexibility index (Phi) is 10.9. The fraction of sp³-hybridized carbons (Fsp3) is 0.235. The van der Waals surface area contributed by atoms with Gasteiger partial charge in [0, 0.05) is 34.1 Å². The summed E-state index contributed by atoms with van der Waals surface area (Å²) in [5.41, 5.74) is 0.166. The van der Waals surface area contributed by atoms with Crippen LogP contribution in [0.4, 0.5) is 10.1 Å². The molecule has 0 aromatic heterocycles. The zero-order chi connectivity index (χ0) is 32.8. The van der Waals surface area contributed by atoms with Gasteiger partial charge in [-0.2, -0.15) is 0 Å². The van der Waals surface area contributed by atoms with Crippen molar-refractivity contribution in [2.24, 2.45) is 0 Å². The predicted octanol–water partition coefficient (Wildman–Crippen LogP) is 6.88. The van der Waals surface area contributed by atoms with Gasteiger partial charge in [-0.15, -0.1) is 0 Å². The van der Waals surface area contributed by atoms with Gasteiger partial charge in [0.15, 0.2) is 0 Å². The molecule has 0 heterocycles. The quantitative estimate of drug-likeness (QED) is 0.189. The van der Waals surface area contributed by atoms with Crippen molar-refractivity contribution in [1.82, 2.24) is 10.2 Å². The first-order valence-electron chi connectivity index (χ1n) is 14.2. The van der Waals surface area contributed by atoms with Crippen LogP contribution >= 0.6 is 23.2 Å². The van der Waals surface area contributed by atoms with Gasteiger partial charge >= 0.3 is 0 Å². The summed E-state index contributed by atoms with van der Waals surface area (Å²) in [5, 5.41) is 3.47. The molecule has 1 atom stereocenters. The van der Waals surface area contributed by atoms with Crippen LogP contribution in [0.1, 0.15) is 31.9 Å². The topological polar surface area (TPSA) is 86.8 Å². The maximum Gasteiger partial charge on any atom is 0.264 e. The van der Waals surface area contributed by atoms with Crippen molar-refractivity contribution in [2.75, 3.05) is 10.8 Å². The zero-order valence-electron chi connectivity index (χ0n) is 25.1. The van der Waals surface area contributed by atoms with Gasteiger partial charge in [0.05, 0.1) is 10.6 Å². The van der Waals surface area contributed by atoms with E-state index >= 15 is 4.39 Å². The minimum Gasteiger partial charge on any atom is -0.350 e. The fourth-order valence-corrected chi connectivity index (χ4v) is 6.71. The van der Waals surface area contributed by atoms with Crippen LogP contribution in [0.25, 0.3) is 0 Å². The molecule has 0 bridgehead atoms. The number of hydrogen-bond acceptors (Lipinski definition) is 4. The molecule has 45 heavy (non-hydrogen) atoms. The Morgan fingerprint density at radius 1 is 0.822 bits per heavy atom. The van der Waals surface area contributed by atoms with Crippen LogP contribution in [0.3, 0.4) is 0 Å². The van der Waals surface area contributed by atoms with Crippen molar-refractivity contribution < 1.29 is 22.4 Å². The lowest BCUT2D eigenvalue weighted by molar-refractivity contribution is -0.140. The minimum atomic E-state index is -4.43. The molecule has 2 amide bonds. The van der Waals surface area contributed by atoms with E-state index in [0.29, 0.717) is 5.56 Å². The number of sulfonamides is 1. The van der Waals surface area contributed by atoms with Crippen LogP contribution in [0.15, 0.2) is 108 Å². The first-order valence-corrected chi connectivity index (χ1v) is 16.4. The number of nitrogens with zero attached hydrogens (tertiary/aromatic N) is 2. The molecule has 0 aliphatic heterocycles. The van der Waals surface area contributed by atoms with E-state index in [1.54, 1.807) is 24.3 Å². The van der Waals surface area contributed by atoms with Gasteiger partial charge in [0.2, 0.25) is 11.8 Å². The third-order valence-electron chi connectivity index (χ3n) is 6.89. The molecule has 4 aromatic rings. The molecule has 0 aliphatic rings. The number of carbonyl (C=O) groups excluding carboxylic acids is 2. The van der Waals surface area contributed by atoms with Crippen molar-refractivity contribution in [2.45, 2.75) is 50.2 Å². The Bertz CT molecular complexity index is 1730. The molecule has 236 valence electrons. The first kappa shape index (κ1) is 34.0. The largest absolute Gasteiger partial charge is 0.350 e. The number of para-hydroxylation sites is 1. The summed E-state index contributed by atoms with van der Waals surface area (Å²) in [6.45, 7) is 4.41. The Morgan fingerprint density at radius 2 is 1.38 bits per heavy atom. The van der Waals surface area contributed by atoms with E-state index in [1.165, 1.54) is 47.4 Å². The lowest BCUT2D eigenvalue weighted by Crippen LogP contribution is -2.56. The van der Waals surface area contributed by atoms with Crippen molar-refractivity contribution in [1.29, 1.82) is 0 Å². The average Bonchev–Trinajstić information content (AvgIpc) is 2.99. The molecule has 7 nitrogen and oxygen atoms in total. The lowest BCUT2D eigenvalue weighted by atomic mass is 10.0. The molecule has 0 spiro atoms. The van der Waals surface area contributed by atoms with E-state index in [0.717, 1.165) is 15.9 Å². The van der Waals surface area contributed by atoms with Gasteiger partial charge in [0.1, 0.15) is 18.4 Å². The van der Waals surface area contributed by atoms with Crippen molar-refractivity contribution in [3.05, 3.63) is 130 Å². The SMILES string of the molecule is CC(C)(C)NC(=O)[C@H](Cc1ccccc1)N(Cc1c(Cl)cccc1Cl)C(=O)CN(c1ccccc1F)S(=O)(=O)c1ccccc1. The highest BCUT2D eigenvalue weighted by molar-refractivity contribution is 7.92. The van der Waals surface area contributed by atoms with E-state index in [1.807, 2.05) is 51.1 Å². The molecule has 0 radical (unpaired) electrons. The molecule has 1 N–H and O–H groups in total. The summed E-state index contributed by atoms with van der Waals surface area (Å²) in [7, 11) is -4.43. The smallest absolute Gasteiger partial charge is 0.264 e. The number of carbonyl (C=O) groups is 2. The zero-order valence-corrected chi connectivity index (χ0v) is 27.4. The van der Waals surface area contributed by atoms with Crippen LogP contribution < -0.4 is 9.62 Å². The lowest BCUT2D eigenvalue weighted by Gasteiger charge is -2.35. The number of nitrogens with one attached hydrogen (secondary N) is 1. The fourth-order valence-electron chi connectivity index (χ4n) is 4.75.